The first-order chi connectivity index (χ1) is 19.7. The standard InChI is InChI=1S/C30H31ClF2N4O5/c1-29(2,3)42-24(38)15-40-22-11-20(19-10-18(31)7-8-21(19)41-28(32)33)26-25(22)36-23-9-6-16(14-37(23)26)17-12-34-27(35-13-17)30(4,5)39/h6-10,12-14,20,22,28,39H,11,15H2,1-5H3/t20-,22-/m1/s1. The molecule has 9 nitrogen and oxygen atoms in total. The van der Waals surface area contributed by atoms with Gasteiger partial charge < -0.3 is 23.7 Å². The molecule has 0 unspecified atom stereocenters. The van der Waals surface area contributed by atoms with Gasteiger partial charge in [-0.2, -0.15) is 8.78 Å². The fourth-order valence-electron chi connectivity index (χ4n) is 5.02. The summed E-state index contributed by atoms with van der Waals surface area (Å²) in [6.07, 6.45) is 4.76. The average Bonchev–Trinajstić information content (AvgIpc) is 3.44. The molecule has 0 bridgehead atoms. The molecule has 1 aliphatic rings. The number of hydrogen-bond acceptors (Lipinski definition) is 8. The Labute approximate surface area is 246 Å². The zero-order valence-corrected chi connectivity index (χ0v) is 24.5. The van der Waals surface area contributed by atoms with Crippen LogP contribution in [-0.4, -0.2) is 49.2 Å². The maximum atomic E-state index is 13.4. The van der Waals surface area contributed by atoms with Crippen molar-refractivity contribution in [2.24, 2.45) is 0 Å². The van der Waals surface area contributed by atoms with Gasteiger partial charge in [0.1, 0.15) is 35.3 Å². The molecule has 0 fully saturated rings. The Hall–Kier alpha value is -3.67. The third-order valence-electron chi connectivity index (χ3n) is 6.69. The Morgan fingerprint density at radius 2 is 1.83 bits per heavy atom. The van der Waals surface area contributed by atoms with Gasteiger partial charge in [0.15, 0.2) is 5.82 Å². The van der Waals surface area contributed by atoms with Crippen LogP contribution < -0.4 is 4.74 Å². The van der Waals surface area contributed by atoms with E-state index in [1.54, 1.807) is 53.1 Å². The van der Waals surface area contributed by atoms with Crippen molar-refractivity contribution in [3.8, 4) is 16.9 Å². The molecule has 1 N–H and O–H groups in total. The molecule has 0 amide bonds. The molecule has 222 valence electrons. The minimum atomic E-state index is -3.04. The Morgan fingerprint density at radius 1 is 1.12 bits per heavy atom. The molecule has 1 aromatic carbocycles. The van der Waals surface area contributed by atoms with E-state index in [1.807, 2.05) is 22.7 Å². The van der Waals surface area contributed by atoms with Crippen LogP contribution in [0.15, 0.2) is 48.9 Å². The average molecular weight is 601 g/mol. The quantitative estimate of drug-likeness (QED) is 0.238. The zero-order valence-electron chi connectivity index (χ0n) is 23.8. The van der Waals surface area contributed by atoms with Gasteiger partial charge in [-0.25, -0.2) is 19.7 Å². The fraction of sp³-hybridized carbons (Fsp3) is 0.400. The Kier molecular flexibility index (Phi) is 7.95. The van der Waals surface area contributed by atoms with Crippen molar-refractivity contribution in [1.82, 2.24) is 19.4 Å². The van der Waals surface area contributed by atoms with Crippen LogP contribution in [0.25, 0.3) is 16.8 Å². The number of rotatable bonds is 8. The van der Waals surface area contributed by atoms with E-state index in [-0.39, 0.29) is 18.2 Å². The van der Waals surface area contributed by atoms with Gasteiger partial charge in [0, 0.05) is 46.2 Å². The van der Waals surface area contributed by atoms with Crippen LogP contribution >= 0.6 is 11.6 Å². The molecule has 2 atom stereocenters. The normalized spacial score (nSPS) is 17.1. The molecular formula is C30H31ClF2N4O5. The number of benzene rings is 1. The van der Waals surface area contributed by atoms with Crippen molar-refractivity contribution in [3.63, 3.8) is 0 Å². The summed E-state index contributed by atoms with van der Waals surface area (Å²) in [6, 6.07) is 8.16. The van der Waals surface area contributed by atoms with E-state index in [2.05, 4.69) is 9.97 Å². The van der Waals surface area contributed by atoms with Gasteiger partial charge in [0.25, 0.3) is 0 Å². The van der Waals surface area contributed by atoms with E-state index in [4.69, 9.17) is 30.8 Å². The molecular weight excluding hydrogens is 570 g/mol. The zero-order chi connectivity index (χ0) is 30.4. The number of alkyl halides is 2. The lowest BCUT2D eigenvalue weighted by atomic mass is 9.95. The number of nitrogens with zero attached hydrogens (tertiary/aromatic N) is 4. The van der Waals surface area contributed by atoms with Crippen molar-refractivity contribution >= 4 is 23.2 Å². The first-order valence-corrected chi connectivity index (χ1v) is 13.7. The molecule has 0 radical (unpaired) electrons. The Bertz CT molecular complexity index is 1610. The molecule has 0 aliphatic heterocycles. The first-order valence-electron chi connectivity index (χ1n) is 13.3. The van der Waals surface area contributed by atoms with Crippen molar-refractivity contribution in [2.45, 2.75) is 70.9 Å². The maximum absolute atomic E-state index is 13.4. The highest BCUT2D eigenvalue weighted by molar-refractivity contribution is 6.30. The number of aromatic nitrogens is 4. The highest BCUT2D eigenvalue weighted by Gasteiger charge is 2.39. The molecule has 42 heavy (non-hydrogen) atoms. The summed E-state index contributed by atoms with van der Waals surface area (Å²) in [6.45, 7) is 5.15. The second kappa shape index (κ2) is 11.2. The predicted molar refractivity (Wildman–Crippen MR) is 151 cm³/mol. The lowest BCUT2D eigenvalue weighted by Crippen LogP contribution is -2.27. The molecule has 12 heteroatoms. The van der Waals surface area contributed by atoms with Crippen LogP contribution in [0.2, 0.25) is 5.02 Å². The monoisotopic (exact) mass is 600 g/mol. The highest BCUT2D eigenvalue weighted by Crippen LogP contribution is 2.49. The van der Waals surface area contributed by atoms with Crippen LogP contribution in [0, 0.1) is 0 Å². The lowest BCUT2D eigenvalue weighted by molar-refractivity contribution is -0.162. The van der Waals surface area contributed by atoms with E-state index < -0.39 is 35.8 Å². The number of esters is 1. The number of imidazole rings is 1. The molecule has 1 aliphatic carbocycles. The molecule has 3 heterocycles. The Balaban J connectivity index is 1.58. The number of halogens is 3. The summed E-state index contributed by atoms with van der Waals surface area (Å²) in [4.78, 5) is 25.8. The van der Waals surface area contributed by atoms with Crippen molar-refractivity contribution in [2.75, 3.05) is 6.61 Å². The van der Waals surface area contributed by atoms with Gasteiger partial charge >= 0.3 is 12.6 Å². The van der Waals surface area contributed by atoms with Crippen molar-refractivity contribution in [1.29, 1.82) is 0 Å². The van der Waals surface area contributed by atoms with Crippen LogP contribution in [0.1, 0.15) is 75.8 Å². The number of pyridine rings is 1. The first kappa shape index (κ1) is 29.8. The molecule has 0 saturated carbocycles. The number of ether oxygens (including phenoxy) is 3. The summed E-state index contributed by atoms with van der Waals surface area (Å²) in [5.41, 5.74) is 1.88. The van der Waals surface area contributed by atoms with E-state index in [9.17, 15) is 18.7 Å². The lowest BCUT2D eigenvalue weighted by Gasteiger charge is -2.21. The number of hydrogen-bond donors (Lipinski definition) is 1. The topological polar surface area (TPSA) is 108 Å². The smallest absolute Gasteiger partial charge is 0.387 e. The fourth-order valence-corrected chi connectivity index (χ4v) is 5.20. The van der Waals surface area contributed by atoms with Crippen LogP contribution in [0.5, 0.6) is 5.75 Å². The molecule has 4 aromatic rings. The number of fused-ring (bicyclic) bond motifs is 3. The van der Waals surface area contributed by atoms with Gasteiger partial charge in [0.05, 0.1) is 11.4 Å². The van der Waals surface area contributed by atoms with Gasteiger partial charge in [-0.1, -0.05) is 11.6 Å². The van der Waals surface area contributed by atoms with E-state index in [1.165, 1.54) is 12.1 Å². The van der Waals surface area contributed by atoms with Crippen LogP contribution in [0.4, 0.5) is 8.78 Å². The van der Waals surface area contributed by atoms with Crippen molar-refractivity contribution in [3.05, 3.63) is 76.7 Å². The van der Waals surface area contributed by atoms with Gasteiger partial charge in [0.2, 0.25) is 0 Å². The van der Waals surface area contributed by atoms with E-state index in [0.717, 1.165) is 5.56 Å². The maximum Gasteiger partial charge on any atom is 0.387 e. The second-order valence-electron chi connectivity index (χ2n) is 11.6. The molecule has 0 spiro atoms. The predicted octanol–water partition coefficient (Wildman–Crippen LogP) is 6.21. The summed E-state index contributed by atoms with van der Waals surface area (Å²) >= 11 is 6.31. The van der Waals surface area contributed by atoms with Gasteiger partial charge in [-0.3, -0.25) is 0 Å². The minimum absolute atomic E-state index is 0.0140. The SMILES string of the molecule is CC(C)(C)OC(=O)CO[C@@H]1C[C@H](c2cc(Cl)ccc2OC(F)F)c2c1nc1ccc(-c3cnc(C(C)(C)O)nc3)cn21. The second-order valence-corrected chi connectivity index (χ2v) is 12.1. The molecule has 0 saturated heterocycles. The van der Waals surface area contributed by atoms with Crippen LogP contribution in [-0.2, 0) is 19.9 Å². The number of carbonyl (C=O) groups excluding carboxylic acids is 1. The third-order valence-corrected chi connectivity index (χ3v) is 6.92. The summed E-state index contributed by atoms with van der Waals surface area (Å²) < 4.78 is 44.9. The molecule has 3 aromatic heterocycles. The summed E-state index contributed by atoms with van der Waals surface area (Å²) in [7, 11) is 0. The third kappa shape index (κ3) is 6.38. The van der Waals surface area contributed by atoms with Gasteiger partial charge in [-0.05, 0) is 71.4 Å². The Morgan fingerprint density at radius 3 is 2.48 bits per heavy atom. The van der Waals surface area contributed by atoms with E-state index >= 15 is 0 Å². The summed E-state index contributed by atoms with van der Waals surface area (Å²) in [5.74, 6) is -0.763. The van der Waals surface area contributed by atoms with Crippen molar-refractivity contribution < 1.29 is 32.9 Å². The van der Waals surface area contributed by atoms with Crippen LogP contribution in [0.3, 0.4) is 0 Å². The van der Waals surface area contributed by atoms with Gasteiger partial charge in [-0.15, -0.1) is 0 Å². The highest BCUT2D eigenvalue weighted by atomic mass is 35.5. The number of aliphatic hydroxyl groups is 1. The van der Waals surface area contributed by atoms with E-state index in [0.29, 0.717) is 39.6 Å². The number of carbonyl (C=O) groups is 1. The largest absolute Gasteiger partial charge is 0.458 e. The summed E-state index contributed by atoms with van der Waals surface area (Å²) in [5, 5.41) is 10.6. The molecule has 5 rings (SSSR count). The minimum Gasteiger partial charge on any atom is -0.458 e.